The van der Waals surface area contributed by atoms with Crippen molar-refractivity contribution in [1.82, 2.24) is 30.3 Å². The van der Waals surface area contributed by atoms with Crippen LogP contribution in [0.1, 0.15) is 5.56 Å². The lowest BCUT2D eigenvalue weighted by Crippen LogP contribution is -2.09. The van der Waals surface area contributed by atoms with Crippen LogP contribution in [-0.2, 0) is 6.54 Å². The van der Waals surface area contributed by atoms with Crippen LogP contribution in [-0.4, -0.2) is 37.8 Å². The van der Waals surface area contributed by atoms with Crippen molar-refractivity contribution in [2.45, 2.75) is 6.54 Å². The van der Waals surface area contributed by atoms with Crippen LogP contribution in [0.3, 0.4) is 0 Å². The molecule has 3 heterocycles. The van der Waals surface area contributed by atoms with Crippen molar-refractivity contribution in [3.05, 3.63) is 66.5 Å². The molecule has 0 saturated heterocycles. The van der Waals surface area contributed by atoms with Crippen LogP contribution in [0.2, 0.25) is 0 Å². The van der Waals surface area contributed by atoms with Crippen LogP contribution in [0, 0.1) is 0 Å². The van der Waals surface area contributed by atoms with Gasteiger partial charge in [-0.2, -0.15) is 0 Å². The summed E-state index contributed by atoms with van der Waals surface area (Å²) in [5, 5.41) is 12.4. The molecule has 0 aliphatic heterocycles. The van der Waals surface area contributed by atoms with Crippen molar-refractivity contribution in [2.75, 3.05) is 7.05 Å². The predicted octanol–water partition coefficient (Wildman–Crippen LogP) is 2.14. The van der Waals surface area contributed by atoms with Gasteiger partial charge >= 0.3 is 0 Å². The second-order valence-electron chi connectivity index (χ2n) is 5.95. The number of pyridine rings is 2. The molecule has 4 aromatic rings. The highest BCUT2D eigenvalue weighted by molar-refractivity contribution is 5.93. The molecule has 0 radical (unpaired) electrons. The fourth-order valence-corrected chi connectivity index (χ4v) is 2.75. The van der Waals surface area contributed by atoms with Crippen molar-refractivity contribution in [1.29, 1.82) is 0 Å². The van der Waals surface area contributed by atoms with Gasteiger partial charge < -0.3 is 11.1 Å². The van der Waals surface area contributed by atoms with Crippen LogP contribution in [0.4, 0.5) is 5.82 Å². The zero-order chi connectivity index (χ0) is 18.6. The molecule has 1 aromatic carbocycles. The van der Waals surface area contributed by atoms with Gasteiger partial charge in [-0.05, 0) is 48.2 Å². The van der Waals surface area contributed by atoms with Gasteiger partial charge in [0.1, 0.15) is 11.4 Å². The van der Waals surface area contributed by atoms with E-state index in [-0.39, 0.29) is 0 Å². The van der Waals surface area contributed by atoms with Gasteiger partial charge in [0.2, 0.25) is 0 Å². The molecule has 27 heavy (non-hydrogen) atoms. The Morgan fingerprint density at radius 3 is 3.00 bits per heavy atom. The Balaban J connectivity index is 1.67. The lowest BCUT2D eigenvalue weighted by molar-refractivity contribution is 0.664. The third-order valence-electron chi connectivity index (χ3n) is 4.01. The number of rotatable bonds is 5. The number of hydrogen-bond donors (Lipinski definition) is 2. The number of fused-ring (bicyclic) bond motifs is 2. The number of nitrogens with one attached hydrogen (secondary N) is 1. The minimum atomic E-state index is 0.359. The summed E-state index contributed by atoms with van der Waals surface area (Å²) in [6.07, 6.45) is 5.17. The first kappa shape index (κ1) is 16.6. The van der Waals surface area contributed by atoms with E-state index < -0.39 is 0 Å². The maximum absolute atomic E-state index is 5.86. The lowest BCUT2D eigenvalue weighted by Gasteiger charge is -2.04. The number of amidine groups is 1. The predicted molar refractivity (Wildman–Crippen MR) is 106 cm³/mol. The van der Waals surface area contributed by atoms with Crippen LogP contribution < -0.4 is 11.1 Å². The first-order valence-corrected chi connectivity index (χ1v) is 8.45. The van der Waals surface area contributed by atoms with Gasteiger partial charge in [0.25, 0.3) is 0 Å². The van der Waals surface area contributed by atoms with Gasteiger partial charge in [-0.25, -0.2) is 14.7 Å². The molecule has 0 saturated carbocycles. The smallest absolute Gasteiger partial charge is 0.180 e. The molecule has 4 rings (SSSR count). The van der Waals surface area contributed by atoms with Crippen molar-refractivity contribution in [3.63, 3.8) is 0 Å². The van der Waals surface area contributed by atoms with Crippen LogP contribution >= 0.6 is 0 Å². The minimum absolute atomic E-state index is 0.359. The van der Waals surface area contributed by atoms with Crippen molar-refractivity contribution < 1.29 is 0 Å². The summed E-state index contributed by atoms with van der Waals surface area (Å²) in [6.45, 7) is 0.552. The summed E-state index contributed by atoms with van der Waals surface area (Å²) >= 11 is 0. The summed E-state index contributed by atoms with van der Waals surface area (Å²) < 4.78 is 1.76. The number of hydrogen-bond acceptors (Lipinski definition) is 6. The Labute approximate surface area is 155 Å². The van der Waals surface area contributed by atoms with Crippen molar-refractivity contribution in [2.24, 2.45) is 10.7 Å². The van der Waals surface area contributed by atoms with Crippen LogP contribution in [0.25, 0.3) is 22.1 Å². The van der Waals surface area contributed by atoms with Crippen LogP contribution in [0.15, 0.2) is 65.9 Å². The molecule has 8 nitrogen and oxygen atoms in total. The molecule has 0 aliphatic rings. The second-order valence-corrected chi connectivity index (χ2v) is 5.95. The molecule has 0 fully saturated rings. The summed E-state index contributed by atoms with van der Waals surface area (Å²) in [7, 11) is 1.79. The fraction of sp³-hybridized carbons (Fsp3) is 0.105. The van der Waals surface area contributed by atoms with Gasteiger partial charge in [0.05, 0.1) is 12.1 Å². The third-order valence-corrected chi connectivity index (χ3v) is 4.01. The molecule has 0 atom stereocenters. The van der Waals surface area contributed by atoms with E-state index in [1.807, 2.05) is 30.3 Å². The maximum Gasteiger partial charge on any atom is 0.180 e. The Morgan fingerprint density at radius 1 is 1.22 bits per heavy atom. The van der Waals surface area contributed by atoms with E-state index in [4.69, 9.17) is 5.73 Å². The normalized spacial score (nSPS) is 12.3. The zero-order valence-electron chi connectivity index (χ0n) is 14.7. The van der Waals surface area contributed by atoms with E-state index in [0.717, 1.165) is 16.5 Å². The first-order chi connectivity index (χ1) is 13.2. The van der Waals surface area contributed by atoms with Gasteiger partial charge in [0.15, 0.2) is 11.5 Å². The molecule has 8 heteroatoms. The Hall–Kier alpha value is -3.81. The molecule has 0 unspecified atom stereocenters. The quantitative estimate of drug-likeness (QED) is 0.418. The minimum Gasteiger partial charge on any atom is -0.394 e. The monoisotopic (exact) mass is 358 g/mol. The number of aliphatic imine (C=N–C) groups is 1. The second kappa shape index (κ2) is 7.20. The van der Waals surface area contributed by atoms with Gasteiger partial charge in [-0.15, -0.1) is 5.10 Å². The Kier molecular flexibility index (Phi) is 4.44. The summed E-state index contributed by atoms with van der Waals surface area (Å²) in [4.78, 5) is 13.2. The molecule has 3 aromatic heterocycles. The largest absolute Gasteiger partial charge is 0.394 e. The van der Waals surface area contributed by atoms with Crippen molar-refractivity contribution in [3.8, 4) is 0 Å². The van der Waals surface area contributed by atoms with E-state index in [2.05, 4.69) is 36.7 Å². The first-order valence-electron chi connectivity index (χ1n) is 8.45. The molecule has 134 valence electrons. The zero-order valence-corrected chi connectivity index (χ0v) is 14.7. The lowest BCUT2D eigenvalue weighted by atomic mass is 10.1. The van der Waals surface area contributed by atoms with Crippen molar-refractivity contribution >= 4 is 33.7 Å². The number of nitrogens with two attached hydrogens (primary N) is 1. The molecule has 0 bridgehead atoms. The van der Waals surface area contributed by atoms with Gasteiger partial charge in [-0.1, -0.05) is 17.3 Å². The van der Waals surface area contributed by atoms with E-state index in [0.29, 0.717) is 29.4 Å². The standard InChI is InChI=1S/C19H18N8/c1-21-10-8-17(20)23-18-7-6-16-19(24-18)27(26-25-16)12-13-4-5-15-14(11-13)3-2-9-22-15/h2-11,21H,12H2,1H3,(H2,20,23,24)/b10-8-. The highest BCUT2D eigenvalue weighted by atomic mass is 15.4. The average molecular weight is 358 g/mol. The Morgan fingerprint density at radius 2 is 2.11 bits per heavy atom. The molecular formula is C19H18N8. The SMILES string of the molecule is CN/C=C\C(N)=Nc1ccc2nnn(Cc3ccc4ncccc4c3)c2n1. The third kappa shape index (κ3) is 3.59. The molecule has 0 aliphatic carbocycles. The van der Waals surface area contributed by atoms with E-state index >= 15 is 0 Å². The molecular weight excluding hydrogens is 340 g/mol. The van der Waals surface area contributed by atoms with E-state index in [1.54, 1.807) is 36.3 Å². The molecule has 0 spiro atoms. The Bertz CT molecular complexity index is 1160. The van der Waals surface area contributed by atoms with E-state index in [1.165, 1.54) is 0 Å². The summed E-state index contributed by atoms with van der Waals surface area (Å²) in [5.41, 5.74) is 9.29. The topological polar surface area (TPSA) is 107 Å². The summed E-state index contributed by atoms with van der Waals surface area (Å²) in [6, 6.07) is 13.7. The van der Waals surface area contributed by atoms with Gasteiger partial charge in [-0.3, -0.25) is 4.98 Å². The maximum atomic E-state index is 5.86. The number of nitrogens with zero attached hydrogens (tertiary/aromatic N) is 6. The number of aromatic nitrogens is 5. The average Bonchev–Trinajstić information content (AvgIpc) is 3.08. The molecule has 0 amide bonds. The summed E-state index contributed by atoms with van der Waals surface area (Å²) in [5.74, 6) is 0.865. The highest BCUT2D eigenvalue weighted by Gasteiger charge is 2.08. The van der Waals surface area contributed by atoms with Crippen LogP contribution in [0.5, 0.6) is 0 Å². The van der Waals surface area contributed by atoms with Gasteiger partial charge in [0, 0.05) is 18.6 Å². The highest BCUT2D eigenvalue weighted by Crippen LogP contribution is 2.18. The number of benzene rings is 1. The van der Waals surface area contributed by atoms with E-state index in [9.17, 15) is 0 Å². The molecule has 3 N–H and O–H groups in total. The fourth-order valence-electron chi connectivity index (χ4n) is 2.75.